The van der Waals surface area contributed by atoms with Gasteiger partial charge in [-0.15, -0.1) is 0 Å². The molecule has 0 saturated heterocycles. The molecule has 1 aromatic heterocycles. The summed E-state index contributed by atoms with van der Waals surface area (Å²) >= 11 is 0. The molecule has 0 radical (unpaired) electrons. The lowest BCUT2D eigenvalue weighted by Gasteiger charge is -2.14. The molecular weight excluding hydrogens is 398 g/mol. The van der Waals surface area contributed by atoms with Crippen LogP contribution in [0.2, 0.25) is 0 Å². The van der Waals surface area contributed by atoms with Gasteiger partial charge in [-0.25, -0.2) is 4.79 Å². The van der Waals surface area contributed by atoms with Gasteiger partial charge in [0.1, 0.15) is 5.75 Å². The zero-order chi connectivity index (χ0) is 22.4. The highest BCUT2D eigenvalue weighted by Gasteiger charge is 2.21. The maximum atomic E-state index is 12.6. The Balaban J connectivity index is 1.68. The molecule has 7 heteroatoms. The van der Waals surface area contributed by atoms with Gasteiger partial charge in [0.2, 0.25) is 5.78 Å². The van der Waals surface area contributed by atoms with Crippen LogP contribution in [0, 0.1) is 6.92 Å². The van der Waals surface area contributed by atoms with E-state index in [1.165, 1.54) is 25.3 Å². The monoisotopic (exact) mass is 421 g/mol. The van der Waals surface area contributed by atoms with Crippen LogP contribution in [0.15, 0.2) is 65.3 Å². The number of Topliss-reactive ketones (excluding diaryl/α,β-unsaturated/α-hetero) is 1. The number of ketones is 1. The minimum atomic E-state index is -0.979. The highest BCUT2D eigenvalue weighted by molar-refractivity contribution is 6.04. The molecule has 1 amide bonds. The Hall–Kier alpha value is -3.87. The fourth-order valence-corrected chi connectivity index (χ4v) is 2.87. The number of carbonyl (C=O) groups is 3. The summed E-state index contributed by atoms with van der Waals surface area (Å²) < 4.78 is 15.8. The van der Waals surface area contributed by atoms with Crippen LogP contribution in [0.1, 0.15) is 50.7 Å². The number of anilines is 1. The number of hydrogen-bond acceptors (Lipinski definition) is 6. The Morgan fingerprint density at radius 3 is 2.39 bits per heavy atom. The lowest BCUT2D eigenvalue weighted by atomic mass is 10.1. The summed E-state index contributed by atoms with van der Waals surface area (Å²) in [7, 11) is 0. The number of furan rings is 1. The van der Waals surface area contributed by atoms with Crippen LogP contribution in [0.25, 0.3) is 0 Å². The number of carbonyl (C=O) groups excluding carboxylic acids is 3. The molecular formula is C24H23NO6. The summed E-state index contributed by atoms with van der Waals surface area (Å²) in [6, 6.07) is 14.6. The molecule has 1 N–H and O–H groups in total. The van der Waals surface area contributed by atoms with E-state index in [-0.39, 0.29) is 17.1 Å². The van der Waals surface area contributed by atoms with E-state index < -0.39 is 18.0 Å². The van der Waals surface area contributed by atoms with Crippen LogP contribution in [-0.2, 0) is 4.74 Å². The molecule has 0 unspecified atom stereocenters. The van der Waals surface area contributed by atoms with Gasteiger partial charge in [-0.1, -0.05) is 6.07 Å². The first-order valence-electron chi connectivity index (χ1n) is 9.82. The molecule has 0 aliphatic heterocycles. The van der Waals surface area contributed by atoms with E-state index in [1.807, 2.05) is 6.92 Å². The Kier molecular flexibility index (Phi) is 6.87. The van der Waals surface area contributed by atoms with Crippen LogP contribution >= 0.6 is 0 Å². The number of aryl methyl sites for hydroxylation is 1. The van der Waals surface area contributed by atoms with Crippen LogP contribution in [0.4, 0.5) is 5.69 Å². The summed E-state index contributed by atoms with van der Waals surface area (Å²) in [4.78, 5) is 37.4. The minimum absolute atomic E-state index is 0.155. The van der Waals surface area contributed by atoms with Crippen molar-refractivity contribution < 1.29 is 28.3 Å². The van der Waals surface area contributed by atoms with Crippen LogP contribution < -0.4 is 10.1 Å². The lowest BCUT2D eigenvalue weighted by Crippen LogP contribution is -2.24. The van der Waals surface area contributed by atoms with Crippen molar-refractivity contribution in [1.29, 1.82) is 0 Å². The second-order valence-electron chi connectivity index (χ2n) is 6.83. The summed E-state index contributed by atoms with van der Waals surface area (Å²) in [5.41, 5.74) is 1.84. The van der Waals surface area contributed by atoms with E-state index in [0.29, 0.717) is 23.6 Å². The zero-order valence-corrected chi connectivity index (χ0v) is 17.5. The van der Waals surface area contributed by atoms with Gasteiger partial charge in [0, 0.05) is 11.3 Å². The largest absolute Gasteiger partial charge is 0.494 e. The van der Waals surface area contributed by atoms with Crippen molar-refractivity contribution in [2.24, 2.45) is 0 Å². The standard InChI is InChI=1S/C24H23NO6/c1-4-29-19-11-9-17(10-12-19)22(26)16(3)31-24(28)18-8-7-15(2)20(14-18)25-23(27)21-6-5-13-30-21/h5-14,16H,4H2,1-3H3,(H,25,27)/t16-/m0/s1. The van der Waals surface area contributed by atoms with E-state index in [4.69, 9.17) is 13.9 Å². The number of hydrogen-bond donors (Lipinski definition) is 1. The molecule has 160 valence electrons. The third-order valence-corrected chi connectivity index (χ3v) is 4.57. The number of esters is 1. The van der Waals surface area contributed by atoms with Crippen molar-refractivity contribution in [2.45, 2.75) is 26.9 Å². The van der Waals surface area contributed by atoms with Gasteiger partial charge in [0.15, 0.2) is 11.9 Å². The quantitative estimate of drug-likeness (QED) is 0.420. The molecule has 7 nitrogen and oxygen atoms in total. The zero-order valence-electron chi connectivity index (χ0n) is 17.5. The minimum Gasteiger partial charge on any atom is -0.494 e. The molecule has 1 atom stereocenters. The third-order valence-electron chi connectivity index (χ3n) is 4.57. The first kappa shape index (κ1) is 21.8. The molecule has 1 heterocycles. The molecule has 0 aliphatic rings. The van der Waals surface area contributed by atoms with E-state index in [2.05, 4.69) is 5.32 Å². The predicted octanol–water partition coefficient (Wildman–Crippen LogP) is 4.67. The molecule has 0 aliphatic carbocycles. The van der Waals surface area contributed by atoms with Crippen LogP contribution in [0.3, 0.4) is 0 Å². The van der Waals surface area contributed by atoms with Crippen LogP contribution in [-0.4, -0.2) is 30.4 Å². The fourth-order valence-electron chi connectivity index (χ4n) is 2.87. The smallest absolute Gasteiger partial charge is 0.338 e. The summed E-state index contributed by atoms with van der Waals surface area (Å²) in [6.45, 7) is 5.72. The van der Waals surface area contributed by atoms with Gasteiger partial charge in [0.05, 0.1) is 18.4 Å². The Bertz CT molecular complexity index is 1070. The first-order chi connectivity index (χ1) is 14.9. The third kappa shape index (κ3) is 5.39. The van der Waals surface area contributed by atoms with Crippen molar-refractivity contribution in [2.75, 3.05) is 11.9 Å². The van der Waals surface area contributed by atoms with Gasteiger partial charge in [0.25, 0.3) is 5.91 Å². The van der Waals surface area contributed by atoms with Gasteiger partial charge in [-0.2, -0.15) is 0 Å². The molecule has 0 spiro atoms. The van der Waals surface area contributed by atoms with E-state index in [9.17, 15) is 14.4 Å². The molecule has 0 saturated carbocycles. The summed E-state index contributed by atoms with van der Waals surface area (Å²) in [5, 5.41) is 2.71. The Morgan fingerprint density at radius 2 is 1.74 bits per heavy atom. The Labute approximate surface area is 180 Å². The highest BCUT2D eigenvalue weighted by Crippen LogP contribution is 2.20. The molecule has 0 fully saturated rings. The average molecular weight is 421 g/mol. The first-order valence-corrected chi connectivity index (χ1v) is 9.82. The van der Waals surface area contributed by atoms with Crippen molar-refractivity contribution in [1.82, 2.24) is 0 Å². The van der Waals surface area contributed by atoms with Crippen molar-refractivity contribution in [3.8, 4) is 5.75 Å². The highest BCUT2D eigenvalue weighted by atomic mass is 16.5. The molecule has 2 aromatic carbocycles. The van der Waals surface area contributed by atoms with Crippen LogP contribution in [0.5, 0.6) is 5.75 Å². The maximum absolute atomic E-state index is 12.6. The number of benzene rings is 2. The van der Waals surface area contributed by atoms with Gasteiger partial charge in [-0.3, -0.25) is 9.59 Å². The topological polar surface area (TPSA) is 94.8 Å². The van der Waals surface area contributed by atoms with E-state index in [0.717, 1.165) is 5.56 Å². The summed E-state index contributed by atoms with van der Waals surface area (Å²) in [6.07, 6.45) is 0.422. The van der Waals surface area contributed by atoms with Crippen molar-refractivity contribution in [3.05, 3.63) is 83.3 Å². The van der Waals surface area contributed by atoms with Gasteiger partial charge >= 0.3 is 5.97 Å². The predicted molar refractivity (Wildman–Crippen MR) is 115 cm³/mol. The number of rotatable bonds is 8. The molecule has 31 heavy (non-hydrogen) atoms. The van der Waals surface area contributed by atoms with E-state index >= 15 is 0 Å². The normalized spacial score (nSPS) is 11.5. The molecule has 3 rings (SSSR count). The van der Waals surface area contributed by atoms with Crippen molar-refractivity contribution >= 4 is 23.3 Å². The molecule has 3 aromatic rings. The van der Waals surface area contributed by atoms with Crippen molar-refractivity contribution in [3.63, 3.8) is 0 Å². The fraction of sp³-hybridized carbons (Fsp3) is 0.208. The number of ether oxygens (including phenoxy) is 2. The van der Waals surface area contributed by atoms with E-state index in [1.54, 1.807) is 49.4 Å². The van der Waals surface area contributed by atoms with Gasteiger partial charge in [-0.05, 0) is 74.9 Å². The second-order valence-corrected chi connectivity index (χ2v) is 6.83. The molecule has 0 bridgehead atoms. The SMILES string of the molecule is CCOc1ccc(C(=O)[C@H](C)OC(=O)c2ccc(C)c(NC(=O)c3ccco3)c2)cc1. The number of amides is 1. The summed E-state index contributed by atoms with van der Waals surface area (Å²) in [5.74, 6) is -0.609. The number of nitrogens with one attached hydrogen (secondary N) is 1. The average Bonchev–Trinajstić information content (AvgIpc) is 3.30. The second kappa shape index (κ2) is 9.75. The van der Waals surface area contributed by atoms with Gasteiger partial charge < -0.3 is 19.2 Å². The lowest BCUT2D eigenvalue weighted by molar-refractivity contribution is 0.0319. The Morgan fingerprint density at radius 1 is 1.03 bits per heavy atom. The maximum Gasteiger partial charge on any atom is 0.338 e.